The lowest BCUT2D eigenvalue weighted by atomic mass is 10.1. The summed E-state index contributed by atoms with van der Waals surface area (Å²) in [5, 5.41) is 13.5. The molecular formula is C16H15NO2S. The fraction of sp³-hybridized carbons (Fsp3) is 0.188. The van der Waals surface area contributed by atoms with Crippen molar-refractivity contribution in [1.29, 1.82) is 0 Å². The van der Waals surface area contributed by atoms with Gasteiger partial charge in [0.15, 0.2) is 0 Å². The lowest BCUT2D eigenvalue weighted by molar-refractivity contribution is 0.103. The maximum Gasteiger partial charge on any atom is 0.265 e. The Kier molecular flexibility index (Phi) is 4.94. The van der Waals surface area contributed by atoms with Crippen molar-refractivity contribution >= 4 is 22.9 Å². The van der Waals surface area contributed by atoms with E-state index >= 15 is 0 Å². The monoisotopic (exact) mass is 285 g/mol. The fourth-order valence-corrected chi connectivity index (χ4v) is 2.31. The Morgan fingerprint density at radius 2 is 2.25 bits per heavy atom. The Hall–Kier alpha value is -2.09. The van der Waals surface area contributed by atoms with Gasteiger partial charge in [0, 0.05) is 17.7 Å². The van der Waals surface area contributed by atoms with Crippen molar-refractivity contribution in [2.75, 3.05) is 11.9 Å². The van der Waals surface area contributed by atoms with E-state index in [4.69, 9.17) is 5.11 Å². The molecule has 3 nitrogen and oxygen atoms in total. The molecule has 2 N–H and O–H groups in total. The zero-order valence-corrected chi connectivity index (χ0v) is 12.0. The van der Waals surface area contributed by atoms with Crippen LogP contribution < -0.4 is 5.32 Å². The molecule has 1 heterocycles. The van der Waals surface area contributed by atoms with Crippen molar-refractivity contribution in [3.05, 3.63) is 51.7 Å². The highest BCUT2D eigenvalue weighted by Gasteiger charge is 2.08. The summed E-state index contributed by atoms with van der Waals surface area (Å²) in [5.74, 6) is 5.75. The minimum Gasteiger partial charge on any atom is -0.395 e. The summed E-state index contributed by atoms with van der Waals surface area (Å²) in [7, 11) is 0. The van der Waals surface area contributed by atoms with Gasteiger partial charge in [-0.15, -0.1) is 11.3 Å². The molecule has 0 saturated carbocycles. The van der Waals surface area contributed by atoms with Crippen LogP contribution in [0.1, 0.15) is 27.2 Å². The Bertz CT molecular complexity index is 651. The number of aliphatic hydroxyl groups is 1. The van der Waals surface area contributed by atoms with E-state index in [-0.39, 0.29) is 12.5 Å². The number of anilines is 1. The van der Waals surface area contributed by atoms with Gasteiger partial charge in [0.05, 0.1) is 11.5 Å². The average Bonchev–Trinajstić information content (AvgIpc) is 2.96. The van der Waals surface area contributed by atoms with Gasteiger partial charge in [0.2, 0.25) is 0 Å². The summed E-state index contributed by atoms with van der Waals surface area (Å²) in [6, 6.07) is 9.29. The van der Waals surface area contributed by atoms with Crippen molar-refractivity contribution < 1.29 is 9.90 Å². The summed E-state index contributed by atoms with van der Waals surface area (Å²) in [5.41, 5.74) is 2.63. The Labute approximate surface area is 122 Å². The lowest BCUT2D eigenvalue weighted by Crippen LogP contribution is -2.11. The molecule has 0 aliphatic carbocycles. The number of rotatable bonds is 3. The van der Waals surface area contributed by atoms with Gasteiger partial charge in [-0.2, -0.15) is 0 Å². The van der Waals surface area contributed by atoms with E-state index < -0.39 is 0 Å². The van der Waals surface area contributed by atoms with E-state index in [1.54, 1.807) is 6.07 Å². The molecule has 102 valence electrons. The topological polar surface area (TPSA) is 49.3 Å². The molecule has 0 bridgehead atoms. The van der Waals surface area contributed by atoms with Gasteiger partial charge >= 0.3 is 0 Å². The van der Waals surface area contributed by atoms with Gasteiger partial charge in [-0.3, -0.25) is 4.79 Å². The largest absolute Gasteiger partial charge is 0.395 e. The number of carbonyl (C=O) groups is 1. The van der Waals surface area contributed by atoms with Gasteiger partial charge in [-0.1, -0.05) is 17.9 Å². The second-order valence-corrected chi connectivity index (χ2v) is 5.18. The number of aliphatic hydroxyl groups excluding tert-OH is 1. The number of benzene rings is 1. The summed E-state index contributed by atoms with van der Waals surface area (Å²) >= 11 is 1.41. The van der Waals surface area contributed by atoms with Gasteiger partial charge < -0.3 is 10.4 Å². The maximum atomic E-state index is 12.0. The number of nitrogens with one attached hydrogen (secondary N) is 1. The second kappa shape index (κ2) is 6.90. The number of thiophene rings is 1. The normalized spacial score (nSPS) is 9.70. The highest BCUT2D eigenvalue weighted by atomic mass is 32.1. The zero-order valence-electron chi connectivity index (χ0n) is 11.1. The molecule has 0 atom stereocenters. The third-order valence-corrected chi connectivity index (χ3v) is 3.56. The van der Waals surface area contributed by atoms with Crippen LogP contribution in [-0.4, -0.2) is 17.6 Å². The van der Waals surface area contributed by atoms with Gasteiger partial charge in [-0.05, 0) is 42.1 Å². The Morgan fingerprint density at radius 3 is 2.90 bits per heavy atom. The maximum absolute atomic E-state index is 12.0. The Morgan fingerprint density at radius 1 is 1.40 bits per heavy atom. The summed E-state index contributed by atoms with van der Waals surface area (Å²) in [6.07, 6.45) is 0.468. The molecule has 2 aromatic rings. The van der Waals surface area contributed by atoms with Gasteiger partial charge in [-0.25, -0.2) is 0 Å². The van der Waals surface area contributed by atoms with Crippen LogP contribution in [0, 0.1) is 18.8 Å². The molecule has 2 rings (SSSR count). The van der Waals surface area contributed by atoms with Crippen molar-refractivity contribution in [3.63, 3.8) is 0 Å². The van der Waals surface area contributed by atoms with Gasteiger partial charge in [0.25, 0.3) is 5.91 Å². The summed E-state index contributed by atoms with van der Waals surface area (Å²) in [4.78, 5) is 12.7. The smallest absolute Gasteiger partial charge is 0.265 e. The molecule has 20 heavy (non-hydrogen) atoms. The van der Waals surface area contributed by atoms with Crippen molar-refractivity contribution in [2.45, 2.75) is 13.3 Å². The average molecular weight is 285 g/mol. The highest BCUT2D eigenvalue weighted by molar-refractivity contribution is 7.12. The van der Waals surface area contributed by atoms with Crippen molar-refractivity contribution in [3.8, 4) is 11.8 Å². The van der Waals surface area contributed by atoms with Crippen molar-refractivity contribution in [1.82, 2.24) is 0 Å². The first-order valence-electron chi connectivity index (χ1n) is 6.26. The van der Waals surface area contributed by atoms with Crippen LogP contribution in [0.2, 0.25) is 0 Å². The van der Waals surface area contributed by atoms with Gasteiger partial charge in [0.1, 0.15) is 0 Å². The standard InChI is InChI=1S/C16H15NO2S/c1-12-11-13(5-2-3-9-18)7-8-14(12)17-16(19)15-6-4-10-20-15/h4,6-8,10-11,18H,3,9H2,1H3,(H,17,19). The van der Waals surface area contributed by atoms with Crippen LogP contribution in [0.25, 0.3) is 0 Å². The van der Waals surface area contributed by atoms with E-state index in [1.165, 1.54) is 11.3 Å². The SMILES string of the molecule is Cc1cc(C#CCCO)ccc1NC(=O)c1cccs1. The van der Waals surface area contributed by atoms with E-state index in [2.05, 4.69) is 17.2 Å². The molecule has 0 saturated heterocycles. The number of aryl methyl sites for hydroxylation is 1. The van der Waals surface area contributed by atoms with E-state index in [0.717, 1.165) is 16.8 Å². The summed E-state index contributed by atoms with van der Waals surface area (Å²) < 4.78 is 0. The fourth-order valence-electron chi connectivity index (χ4n) is 1.69. The molecule has 1 aromatic heterocycles. The number of amides is 1. The minimum atomic E-state index is -0.0952. The predicted molar refractivity (Wildman–Crippen MR) is 82.0 cm³/mol. The molecular weight excluding hydrogens is 270 g/mol. The molecule has 0 unspecified atom stereocenters. The predicted octanol–water partition coefficient (Wildman–Crippen LogP) is 3.04. The molecule has 0 fully saturated rings. The summed E-state index contributed by atoms with van der Waals surface area (Å²) in [6.45, 7) is 2.00. The molecule has 1 amide bonds. The highest BCUT2D eigenvalue weighted by Crippen LogP contribution is 2.18. The first-order valence-corrected chi connectivity index (χ1v) is 7.14. The van der Waals surface area contributed by atoms with Crippen LogP contribution in [0.5, 0.6) is 0 Å². The van der Waals surface area contributed by atoms with E-state index in [0.29, 0.717) is 11.3 Å². The van der Waals surface area contributed by atoms with Crippen LogP contribution in [0.3, 0.4) is 0 Å². The first kappa shape index (κ1) is 14.3. The van der Waals surface area contributed by atoms with E-state index in [1.807, 2.05) is 36.6 Å². The van der Waals surface area contributed by atoms with E-state index in [9.17, 15) is 4.79 Å². The van der Waals surface area contributed by atoms with Crippen LogP contribution in [0.15, 0.2) is 35.7 Å². The van der Waals surface area contributed by atoms with Crippen LogP contribution >= 0.6 is 11.3 Å². The first-order chi connectivity index (χ1) is 9.70. The van der Waals surface area contributed by atoms with Crippen molar-refractivity contribution in [2.24, 2.45) is 0 Å². The molecule has 0 spiro atoms. The van der Waals surface area contributed by atoms with Crippen LogP contribution in [0.4, 0.5) is 5.69 Å². The third-order valence-electron chi connectivity index (χ3n) is 2.69. The quantitative estimate of drug-likeness (QED) is 0.852. The molecule has 0 aliphatic rings. The molecule has 0 radical (unpaired) electrons. The number of carbonyl (C=O) groups excluding carboxylic acids is 1. The number of hydrogen-bond acceptors (Lipinski definition) is 3. The Balaban J connectivity index is 2.11. The second-order valence-electron chi connectivity index (χ2n) is 4.24. The molecule has 0 aliphatic heterocycles. The zero-order chi connectivity index (χ0) is 14.4. The molecule has 4 heteroatoms. The van der Waals surface area contributed by atoms with Crippen LogP contribution in [-0.2, 0) is 0 Å². The molecule has 1 aromatic carbocycles. The minimum absolute atomic E-state index is 0.0704. The number of hydrogen-bond donors (Lipinski definition) is 2. The third kappa shape index (κ3) is 3.70. The lowest BCUT2D eigenvalue weighted by Gasteiger charge is -2.07.